The normalized spacial score (nSPS) is 12.1. The lowest BCUT2D eigenvalue weighted by atomic mass is 10.1. The van der Waals surface area contributed by atoms with Crippen LogP contribution in [0.15, 0.2) is 12.5 Å². The highest BCUT2D eigenvalue weighted by Gasteiger charge is 2.19. The van der Waals surface area contributed by atoms with Crippen molar-refractivity contribution < 1.29 is 14.3 Å². The third-order valence-electron chi connectivity index (χ3n) is 3.50. The fourth-order valence-corrected chi connectivity index (χ4v) is 2.18. The number of rotatable bonds is 11. The SMILES string of the molecule is CCCCCCCCCC(=O)OC(=O)C(N)Cc1cnc[nH]1. The molecule has 22 heavy (non-hydrogen) atoms. The molecule has 0 amide bonds. The molecule has 1 rings (SSSR count). The predicted octanol–water partition coefficient (Wildman–Crippen LogP) is 2.49. The standard InChI is InChI=1S/C16H27N3O3/c1-2-3-4-5-6-7-8-9-15(20)22-16(21)14(17)10-13-11-18-12-19-13/h11-12,14H,2-10,17H2,1H3,(H,18,19). The quantitative estimate of drug-likeness (QED) is 0.372. The number of hydrogen-bond acceptors (Lipinski definition) is 5. The van der Waals surface area contributed by atoms with Crippen LogP contribution in [0.25, 0.3) is 0 Å². The lowest BCUT2D eigenvalue weighted by Gasteiger charge is -2.09. The van der Waals surface area contributed by atoms with Gasteiger partial charge < -0.3 is 15.5 Å². The molecule has 0 saturated carbocycles. The number of imidazole rings is 1. The van der Waals surface area contributed by atoms with Crippen LogP contribution in [0.1, 0.15) is 64.0 Å². The monoisotopic (exact) mass is 309 g/mol. The third-order valence-corrected chi connectivity index (χ3v) is 3.50. The zero-order valence-electron chi connectivity index (χ0n) is 13.3. The Morgan fingerprint density at radius 3 is 2.55 bits per heavy atom. The van der Waals surface area contributed by atoms with E-state index in [1.807, 2.05) is 0 Å². The van der Waals surface area contributed by atoms with E-state index in [9.17, 15) is 9.59 Å². The highest BCUT2D eigenvalue weighted by Crippen LogP contribution is 2.09. The summed E-state index contributed by atoms with van der Waals surface area (Å²) >= 11 is 0. The zero-order valence-corrected chi connectivity index (χ0v) is 13.3. The van der Waals surface area contributed by atoms with Crippen LogP contribution in [-0.4, -0.2) is 27.9 Å². The number of nitrogens with one attached hydrogen (secondary N) is 1. The summed E-state index contributed by atoms with van der Waals surface area (Å²) in [5.74, 6) is -1.17. The minimum Gasteiger partial charge on any atom is -0.392 e. The molecule has 0 bridgehead atoms. The molecule has 0 aliphatic heterocycles. The summed E-state index contributed by atoms with van der Waals surface area (Å²) < 4.78 is 4.77. The second-order valence-corrected chi connectivity index (χ2v) is 5.55. The summed E-state index contributed by atoms with van der Waals surface area (Å²) in [6.07, 6.45) is 11.5. The van der Waals surface area contributed by atoms with Crippen LogP contribution in [-0.2, 0) is 20.7 Å². The molecule has 0 fully saturated rings. The van der Waals surface area contributed by atoms with Crippen LogP contribution in [0.2, 0.25) is 0 Å². The molecular formula is C16H27N3O3. The fraction of sp³-hybridized carbons (Fsp3) is 0.688. The van der Waals surface area contributed by atoms with E-state index in [0.717, 1.165) is 25.0 Å². The van der Waals surface area contributed by atoms with Crippen molar-refractivity contribution in [2.45, 2.75) is 70.8 Å². The minimum atomic E-state index is -0.849. The minimum absolute atomic E-state index is 0.274. The van der Waals surface area contributed by atoms with Crippen LogP contribution >= 0.6 is 0 Å². The Morgan fingerprint density at radius 1 is 1.23 bits per heavy atom. The number of ether oxygens (including phenoxy) is 1. The second-order valence-electron chi connectivity index (χ2n) is 5.55. The molecule has 0 aliphatic carbocycles. The van der Waals surface area contributed by atoms with E-state index in [2.05, 4.69) is 16.9 Å². The van der Waals surface area contributed by atoms with Gasteiger partial charge in [-0.3, -0.25) is 4.79 Å². The van der Waals surface area contributed by atoms with Gasteiger partial charge in [-0.1, -0.05) is 45.4 Å². The van der Waals surface area contributed by atoms with Crippen LogP contribution in [0.5, 0.6) is 0 Å². The van der Waals surface area contributed by atoms with Gasteiger partial charge in [-0.25, -0.2) is 9.78 Å². The molecular weight excluding hydrogens is 282 g/mol. The number of aromatic nitrogens is 2. The van der Waals surface area contributed by atoms with Gasteiger partial charge in [0.25, 0.3) is 0 Å². The van der Waals surface area contributed by atoms with E-state index in [1.54, 1.807) is 6.20 Å². The van der Waals surface area contributed by atoms with Gasteiger partial charge in [-0.15, -0.1) is 0 Å². The summed E-state index contributed by atoms with van der Waals surface area (Å²) in [6.45, 7) is 2.18. The average Bonchev–Trinajstić information content (AvgIpc) is 2.99. The van der Waals surface area contributed by atoms with Gasteiger partial charge in [0.15, 0.2) is 0 Å². The van der Waals surface area contributed by atoms with Crippen LogP contribution in [0.4, 0.5) is 0 Å². The maximum absolute atomic E-state index is 11.7. The average molecular weight is 309 g/mol. The van der Waals surface area contributed by atoms with Crippen LogP contribution in [0, 0.1) is 0 Å². The zero-order chi connectivity index (χ0) is 16.2. The number of carbonyl (C=O) groups is 2. The van der Waals surface area contributed by atoms with Crippen molar-refractivity contribution in [1.82, 2.24) is 9.97 Å². The van der Waals surface area contributed by atoms with Crippen molar-refractivity contribution in [3.8, 4) is 0 Å². The van der Waals surface area contributed by atoms with E-state index >= 15 is 0 Å². The first-order valence-corrected chi connectivity index (χ1v) is 8.10. The Morgan fingerprint density at radius 2 is 1.91 bits per heavy atom. The van der Waals surface area contributed by atoms with Gasteiger partial charge in [0.2, 0.25) is 0 Å². The van der Waals surface area contributed by atoms with Gasteiger partial charge in [0.05, 0.1) is 6.33 Å². The molecule has 1 atom stereocenters. The lowest BCUT2D eigenvalue weighted by Crippen LogP contribution is -2.35. The molecule has 0 aliphatic rings. The summed E-state index contributed by atoms with van der Waals surface area (Å²) in [5.41, 5.74) is 6.44. The maximum Gasteiger partial charge on any atom is 0.330 e. The number of nitrogens with zero attached hydrogens (tertiary/aromatic N) is 1. The molecule has 0 spiro atoms. The van der Waals surface area contributed by atoms with Crippen molar-refractivity contribution in [3.63, 3.8) is 0 Å². The number of aromatic amines is 1. The van der Waals surface area contributed by atoms with Crippen LogP contribution < -0.4 is 5.73 Å². The second kappa shape index (κ2) is 11.0. The largest absolute Gasteiger partial charge is 0.392 e. The molecule has 0 radical (unpaired) electrons. The first kappa shape index (κ1) is 18.4. The van der Waals surface area contributed by atoms with Crippen molar-refractivity contribution in [2.24, 2.45) is 5.73 Å². The number of H-pyrrole nitrogens is 1. The maximum atomic E-state index is 11.7. The summed E-state index contributed by atoms with van der Waals surface area (Å²) in [4.78, 5) is 30.0. The summed E-state index contributed by atoms with van der Waals surface area (Å²) in [7, 11) is 0. The van der Waals surface area contributed by atoms with E-state index < -0.39 is 18.0 Å². The molecule has 1 unspecified atom stereocenters. The Hall–Kier alpha value is -1.69. The topological polar surface area (TPSA) is 98.1 Å². The summed E-state index contributed by atoms with van der Waals surface area (Å²) in [5, 5.41) is 0. The molecule has 6 nitrogen and oxygen atoms in total. The third kappa shape index (κ3) is 7.93. The molecule has 0 saturated heterocycles. The molecule has 1 heterocycles. The smallest absolute Gasteiger partial charge is 0.330 e. The number of unbranched alkanes of at least 4 members (excludes halogenated alkanes) is 6. The first-order valence-electron chi connectivity index (χ1n) is 8.10. The van der Waals surface area contributed by atoms with E-state index in [0.29, 0.717) is 0 Å². The number of esters is 2. The molecule has 3 N–H and O–H groups in total. The molecule has 6 heteroatoms. The van der Waals surface area contributed by atoms with Gasteiger partial charge in [-0.2, -0.15) is 0 Å². The molecule has 1 aromatic heterocycles. The van der Waals surface area contributed by atoms with E-state index in [-0.39, 0.29) is 12.8 Å². The molecule has 0 aromatic carbocycles. The molecule has 1 aromatic rings. The highest BCUT2D eigenvalue weighted by atomic mass is 16.6. The Labute approximate surface area is 131 Å². The fourth-order valence-electron chi connectivity index (χ4n) is 2.18. The van der Waals surface area contributed by atoms with Gasteiger partial charge in [0, 0.05) is 24.7 Å². The molecule has 124 valence electrons. The van der Waals surface area contributed by atoms with E-state index in [1.165, 1.54) is 32.0 Å². The Bertz CT molecular complexity index is 432. The highest BCUT2D eigenvalue weighted by molar-refractivity contribution is 5.88. The number of nitrogens with two attached hydrogens (primary N) is 1. The summed E-state index contributed by atoms with van der Waals surface area (Å²) in [6, 6.07) is -0.849. The lowest BCUT2D eigenvalue weighted by molar-refractivity contribution is -0.160. The predicted molar refractivity (Wildman–Crippen MR) is 84.0 cm³/mol. The van der Waals surface area contributed by atoms with Crippen LogP contribution in [0.3, 0.4) is 0 Å². The van der Waals surface area contributed by atoms with Crippen molar-refractivity contribution in [1.29, 1.82) is 0 Å². The number of carbonyl (C=O) groups excluding carboxylic acids is 2. The Balaban J connectivity index is 2.09. The number of hydrogen-bond donors (Lipinski definition) is 2. The van der Waals surface area contributed by atoms with E-state index in [4.69, 9.17) is 10.5 Å². The van der Waals surface area contributed by atoms with Gasteiger partial charge in [0.1, 0.15) is 6.04 Å². The van der Waals surface area contributed by atoms with Gasteiger partial charge >= 0.3 is 11.9 Å². The van der Waals surface area contributed by atoms with Gasteiger partial charge in [-0.05, 0) is 6.42 Å². The Kier molecular flexibility index (Phi) is 9.14. The van der Waals surface area contributed by atoms with Crippen molar-refractivity contribution >= 4 is 11.9 Å². The van der Waals surface area contributed by atoms with Crippen molar-refractivity contribution in [3.05, 3.63) is 18.2 Å². The van der Waals surface area contributed by atoms with Crippen molar-refractivity contribution in [2.75, 3.05) is 0 Å². The first-order chi connectivity index (χ1) is 10.6.